The summed E-state index contributed by atoms with van der Waals surface area (Å²) < 4.78 is 14.0. The number of benzene rings is 1. The van der Waals surface area contributed by atoms with Gasteiger partial charge in [-0.15, -0.1) is 0 Å². The average Bonchev–Trinajstić information content (AvgIpc) is 2.31. The molecule has 0 aliphatic heterocycles. The van der Waals surface area contributed by atoms with Gasteiger partial charge < -0.3 is 5.32 Å². The predicted molar refractivity (Wildman–Crippen MR) is 74.4 cm³/mol. The zero-order chi connectivity index (χ0) is 13.6. The zero-order valence-corrected chi connectivity index (χ0v) is 12.3. The normalized spacial score (nSPS) is 11.3. The van der Waals surface area contributed by atoms with Crippen molar-refractivity contribution in [2.75, 3.05) is 6.54 Å². The third-order valence-corrected chi connectivity index (χ3v) is 3.61. The van der Waals surface area contributed by atoms with Crippen molar-refractivity contribution in [3.63, 3.8) is 0 Å². The van der Waals surface area contributed by atoms with Gasteiger partial charge in [0.25, 0.3) is 0 Å². The van der Waals surface area contributed by atoms with Crippen LogP contribution in [0.15, 0.2) is 22.7 Å². The molecule has 0 aromatic heterocycles. The molecule has 1 aromatic rings. The molecule has 0 spiro atoms. The molecule has 0 aliphatic carbocycles. The van der Waals surface area contributed by atoms with E-state index in [1.807, 2.05) is 0 Å². The Balaban J connectivity index is 2.46. The van der Waals surface area contributed by atoms with Gasteiger partial charge >= 0.3 is 0 Å². The van der Waals surface area contributed by atoms with Crippen LogP contribution in [0.5, 0.6) is 0 Å². The Morgan fingerprint density at radius 3 is 2.83 bits per heavy atom. The second-order valence-corrected chi connectivity index (χ2v) is 6.02. The lowest BCUT2D eigenvalue weighted by Gasteiger charge is -2.24. The standard InChI is InChI=1S/C14H18BrFN2/c1-14(2,6-3-7-17)10-18-9-11-8-12(16)4-5-13(11)15/h4-5,8,18H,3,6,9-10H2,1-2H3. The highest BCUT2D eigenvalue weighted by Crippen LogP contribution is 2.22. The first-order valence-electron chi connectivity index (χ1n) is 5.96. The van der Waals surface area contributed by atoms with Gasteiger partial charge in [0.15, 0.2) is 0 Å². The fourth-order valence-corrected chi connectivity index (χ4v) is 2.08. The van der Waals surface area contributed by atoms with Crippen LogP contribution in [0, 0.1) is 22.6 Å². The molecule has 1 N–H and O–H groups in total. The largest absolute Gasteiger partial charge is 0.312 e. The van der Waals surface area contributed by atoms with E-state index in [1.54, 1.807) is 6.07 Å². The molecule has 0 amide bonds. The Morgan fingerprint density at radius 1 is 1.44 bits per heavy atom. The van der Waals surface area contributed by atoms with Gasteiger partial charge in [0.1, 0.15) is 5.82 Å². The second kappa shape index (κ2) is 6.86. The van der Waals surface area contributed by atoms with E-state index in [0.717, 1.165) is 23.0 Å². The van der Waals surface area contributed by atoms with Crippen LogP contribution in [0.1, 0.15) is 32.3 Å². The summed E-state index contributed by atoms with van der Waals surface area (Å²) in [4.78, 5) is 0. The minimum absolute atomic E-state index is 0.0789. The molecule has 0 saturated heterocycles. The number of hydrogen-bond acceptors (Lipinski definition) is 2. The van der Waals surface area contributed by atoms with Gasteiger partial charge in [-0.05, 0) is 35.6 Å². The van der Waals surface area contributed by atoms with Crippen molar-refractivity contribution >= 4 is 15.9 Å². The zero-order valence-electron chi connectivity index (χ0n) is 10.8. The topological polar surface area (TPSA) is 35.8 Å². The Bertz CT molecular complexity index is 438. The van der Waals surface area contributed by atoms with Crippen molar-refractivity contribution in [1.29, 1.82) is 5.26 Å². The molecule has 0 saturated carbocycles. The number of nitrogens with zero attached hydrogens (tertiary/aromatic N) is 1. The van der Waals surface area contributed by atoms with Crippen molar-refractivity contribution in [3.05, 3.63) is 34.1 Å². The molecule has 0 heterocycles. The summed E-state index contributed by atoms with van der Waals surface area (Å²) in [7, 11) is 0. The molecule has 0 aliphatic rings. The van der Waals surface area contributed by atoms with E-state index in [1.165, 1.54) is 12.1 Å². The first-order chi connectivity index (χ1) is 8.44. The van der Waals surface area contributed by atoms with Crippen LogP contribution in [0.3, 0.4) is 0 Å². The molecule has 4 heteroatoms. The molecule has 0 fully saturated rings. The number of nitrogens with one attached hydrogen (secondary N) is 1. The summed E-state index contributed by atoms with van der Waals surface area (Å²) in [6.07, 6.45) is 1.43. The highest BCUT2D eigenvalue weighted by atomic mass is 79.9. The summed E-state index contributed by atoms with van der Waals surface area (Å²) >= 11 is 3.40. The maximum Gasteiger partial charge on any atom is 0.123 e. The van der Waals surface area contributed by atoms with Gasteiger partial charge in [-0.1, -0.05) is 29.8 Å². The minimum atomic E-state index is -0.223. The van der Waals surface area contributed by atoms with Crippen LogP contribution in [-0.4, -0.2) is 6.54 Å². The van der Waals surface area contributed by atoms with E-state index < -0.39 is 0 Å². The highest BCUT2D eigenvalue weighted by molar-refractivity contribution is 9.10. The molecule has 0 bridgehead atoms. The lowest BCUT2D eigenvalue weighted by atomic mass is 9.88. The summed E-state index contributed by atoms with van der Waals surface area (Å²) in [5.74, 6) is -0.223. The summed E-state index contributed by atoms with van der Waals surface area (Å²) in [5, 5.41) is 11.9. The Morgan fingerprint density at radius 2 is 2.17 bits per heavy atom. The minimum Gasteiger partial charge on any atom is -0.312 e. The third kappa shape index (κ3) is 5.16. The molecule has 1 rings (SSSR count). The number of nitriles is 1. The van der Waals surface area contributed by atoms with E-state index in [-0.39, 0.29) is 11.2 Å². The fourth-order valence-electron chi connectivity index (χ4n) is 1.70. The predicted octanol–water partition coefficient (Wildman–Crippen LogP) is 4.01. The van der Waals surface area contributed by atoms with Crippen molar-refractivity contribution in [2.45, 2.75) is 33.2 Å². The van der Waals surface area contributed by atoms with Crippen molar-refractivity contribution < 1.29 is 4.39 Å². The van der Waals surface area contributed by atoms with Gasteiger partial charge in [0.2, 0.25) is 0 Å². The van der Waals surface area contributed by atoms with Gasteiger partial charge in [0, 0.05) is 24.0 Å². The maximum absolute atomic E-state index is 13.1. The van der Waals surface area contributed by atoms with E-state index in [4.69, 9.17) is 5.26 Å². The van der Waals surface area contributed by atoms with E-state index in [9.17, 15) is 4.39 Å². The van der Waals surface area contributed by atoms with Crippen LogP contribution in [0.4, 0.5) is 4.39 Å². The second-order valence-electron chi connectivity index (χ2n) is 5.16. The summed E-state index contributed by atoms with van der Waals surface area (Å²) in [6, 6.07) is 6.84. The molecule has 18 heavy (non-hydrogen) atoms. The lowest BCUT2D eigenvalue weighted by Crippen LogP contribution is -2.29. The SMILES string of the molecule is CC(C)(CCC#N)CNCc1cc(F)ccc1Br. The summed E-state index contributed by atoms with van der Waals surface area (Å²) in [5.41, 5.74) is 0.987. The Hall–Kier alpha value is -0.920. The molecular formula is C14H18BrFN2. The molecule has 98 valence electrons. The molecule has 2 nitrogen and oxygen atoms in total. The Labute approximate surface area is 116 Å². The average molecular weight is 313 g/mol. The smallest absolute Gasteiger partial charge is 0.123 e. The Kier molecular flexibility index (Phi) is 5.77. The lowest BCUT2D eigenvalue weighted by molar-refractivity contribution is 0.317. The first-order valence-corrected chi connectivity index (χ1v) is 6.75. The molecule has 0 unspecified atom stereocenters. The first kappa shape index (κ1) is 15.1. The number of hydrogen-bond donors (Lipinski definition) is 1. The molecule has 0 radical (unpaired) electrons. The van der Waals surface area contributed by atoms with E-state index >= 15 is 0 Å². The van der Waals surface area contributed by atoms with Gasteiger partial charge in [-0.25, -0.2) is 4.39 Å². The molecular weight excluding hydrogens is 295 g/mol. The maximum atomic E-state index is 13.1. The van der Waals surface area contributed by atoms with Crippen LogP contribution in [0.2, 0.25) is 0 Å². The van der Waals surface area contributed by atoms with E-state index in [2.05, 4.69) is 41.2 Å². The van der Waals surface area contributed by atoms with Crippen molar-refractivity contribution in [3.8, 4) is 6.07 Å². The van der Waals surface area contributed by atoms with Crippen LogP contribution in [0.25, 0.3) is 0 Å². The van der Waals surface area contributed by atoms with Crippen LogP contribution >= 0.6 is 15.9 Å². The quantitative estimate of drug-likeness (QED) is 0.861. The van der Waals surface area contributed by atoms with Crippen molar-refractivity contribution in [2.24, 2.45) is 5.41 Å². The van der Waals surface area contributed by atoms with Crippen LogP contribution in [-0.2, 0) is 6.54 Å². The monoisotopic (exact) mass is 312 g/mol. The van der Waals surface area contributed by atoms with Gasteiger partial charge in [-0.3, -0.25) is 0 Å². The third-order valence-electron chi connectivity index (χ3n) is 2.84. The highest BCUT2D eigenvalue weighted by Gasteiger charge is 2.16. The van der Waals surface area contributed by atoms with Gasteiger partial charge in [-0.2, -0.15) is 5.26 Å². The van der Waals surface area contributed by atoms with Crippen molar-refractivity contribution in [1.82, 2.24) is 5.32 Å². The van der Waals surface area contributed by atoms with Gasteiger partial charge in [0.05, 0.1) is 6.07 Å². The van der Waals surface area contributed by atoms with E-state index in [0.29, 0.717) is 13.0 Å². The summed E-state index contributed by atoms with van der Waals surface area (Å²) in [6.45, 7) is 5.67. The number of rotatable bonds is 6. The van der Waals surface area contributed by atoms with Crippen LogP contribution < -0.4 is 5.32 Å². The molecule has 0 atom stereocenters. The molecule has 1 aromatic carbocycles. The fraction of sp³-hybridized carbons (Fsp3) is 0.500. The number of halogens is 2.